The fraction of sp³-hybridized carbons (Fsp3) is 0.364. The molecule has 0 aromatic heterocycles. The van der Waals surface area contributed by atoms with E-state index in [9.17, 15) is 19.1 Å². The molecule has 2 N–H and O–H groups in total. The molecule has 0 bridgehead atoms. The summed E-state index contributed by atoms with van der Waals surface area (Å²) in [4.78, 5) is 24.7. The van der Waals surface area contributed by atoms with Crippen LogP contribution >= 0.6 is 0 Å². The second kappa shape index (κ2) is 6.84. The number of carboxylic acid groups (broad SMARTS) is 1. The Labute approximate surface area is 166 Å². The van der Waals surface area contributed by atoms with Crippen LogP contribution in [0, 0.1) is 11.8 Å². The van der Waals surface area contributed by atoms with Gasteiger partial charge in [-0.1, -0.05) is 30.3 Å². The van der Waals surface area contributed by atoms with E-state index in [1.807, 2.05) is 30.3 Å². The molecule has 0 spiro atoms. The van der Waals surface area contributed by atoms with Gasteiger partial charge in [-0.05, 0) is 17.7 Å². The lowest BCUT2D eigenvalue weighted by Crippen LogP contribution is -2.30. The average Bonchev–Trinajstić information content (AvgIpc) is 3.10. The second-order valence-electron chi connectivity index (χ2n) is 7.81. The Morgan fingerprint density at radius 1 is 1.14 bits per heavy atom. The molecule has 0 unspecified atom stereocenters. The first-order chi connectivity index (χ1) is 14.1. The van der Waals surface area contributed by atoms with Crippen LogP contribution in [0.2, 0.25) is 0 Å². The van der Waals surface area contributed by atoms with E-state index < -0.39 is 24.7 Å². The third-order valence-corrected chi connectivity index (χ3v) is 6.15. The Hall–Kier alpha value is -2.93. The number of benzene rings is 2. The monoisotopic (exact) mass is 397 g/mol. The van der Waals surface area contributed by atoms with Gasteiger partial charge in [-0.3, -0.25) is 4.79 Å². The van der Waals surface area contributed by atoms with E-state index in [0.29, 0.717) is 30.6 Å². The summed E-state index contributed by atoms with van der Waals surface area (Å²) >= 11 is 0. The van der Waals surface area contributed by atoms with Crippen molar-refractivity contribution in [1.82, 2.24) is 5.32 Å². The van der Waals surface area contributed by atoms with Crippen molar-refractivity contribution in [3.05, 3.63) is 64.7 Å². The molecule has 2 aromatic rings. The molecule has 0 radical (unpaired) electrons. The van der Waals surface area contributed by atoms with Crippen LogP contribution in [-0.4, -0.2) is 49.0 Å². The van der Waals surface area contributed by atoms with Crippen LogP contribution in [0.4, 0.5) is 4.39 Å². The SMILES string of the molecule is O=C(N[C@H]1[C@@H]2COC[C@@H]21)c1cc(C(=O)O)c2c(c1)[C@H](c1ccccc1)[C@@H](CF)O2. The number of carbonyl (C=O) groups is 2. The van der Waals surface area contributed by atoms with Crippen molar-refractivity contribution < 1.29 is 28.6 Å². The molecule has 7 heteroatoms. The highest BCUT2D eigenvalue weighted by Crippen LogP contribution is 2.46. The summed E-state index contributed by atoms with van der Waals surface area (Å²) in [5.41, 5.74) is 1.47. The smallest absolute Gasteiger partial charge is 0.339 e. The highest BCUT2D eigenvalue weighted by atomic mass is 19.1. The lowest BCUT2D eigenvalue weighted by Gasteiger charge is -2.16. The van der Waals surface area contributed by atoms with Gasteiger partial charge in [-0.25, -0.2) is 9.18 Å². The van der Waals surface area contributed by atoms with E-state index in [0.717, 1.165) is 5.56 Å². The molecular weight excluding hydrogens is 377 g/mol. The molecule has 2 heterocycles. The third-order valence-electron chi connectivity index (χ3n) is 6.15. The lowest BCUT2D eigenvalue weighted by atomic mass is 9.87. The summed E-state index contributed by atoms with van der Waals surface area (Å²) in [6.07, 6.45) is -0.830. The van der Waals surface area contributed by atoms with Gasteiger partial charge >= 0.3 is 5.97 Å². The van der Waals surface area contributed by atoms with Crippen LogP contribution in [0.25, 0.3) is 0 Å². The van der Waals surface area contributed by atoms with Crippen molar-refractivity contribution in [1.29, 1.82) is 0 Å². The Balaban J connectivity index is 1.53. The maximum absolute atomic E-state index is 13.7. The van der Waals surface area contributed by atoms with Gasteiger partial charge in [0.2, 0.25) is 0 Å². The zero-order valence-corrected chi connectivity index (χ0v) is 15.5. The predicted molar refractivity (Wildman–Crippen MR) is 101 cm³/mol. The van der Waals surface area contributed by atoms with Crippen LogP contribution < -0.4 is 10.1 Å². The number of carboxylic acids is 1. The van der Waals surface area contributed by atoms with E-state index in [2.05, 4.69) is 5.32 Å². The zero-order chi connectivity index (χ0) is 20.1. The van der Waals surface area contributed by atoms with Crippen LogP contribution in [0.3, 0.4) is 0 Å². The number of carbonyl (C=O) groups excluding carboxylic acids is 1. The predicted octanol–water partition coefficient (Wildman–Crippen LogP) is 2.62. The van der Waals surface area contributed by atoms with Crippen molar-refractivity contribution in [3.63, 3.8) is 0 Å². The molecule has 2 aliphatic heterocycles. The Bertz CT molecular complexity index is 969. The molecule has 1 amide bonds. The first-order valence-corrected chi connectivity index (χ1v) is 9.66. The van der Waals surface area contributed by atoms with Crippen molar-refractivity contribution in [2.24, 2.45) is 11.8 Å². The number of ether oxygens (including phenoxy) is 2. The fourth-order valence-corrected chi connectivity index (χ4v) is 4.59. The molecule has 1 aliphatic carbocycles. The molecule has 2 fully saturated rings. The van der Waals surface area contributed by atoms with Gasteiger partial charge in [0, 0.05) is 29.0 Å². The summed E-state index contributed by atoms with van der Waals surface area (Å²) in [7, 11) is 0. The van der Waals surface area contributed by atoms with Crippen molar-refractivity contribution >= 4 is 11.9 Å². The average molecular weight is 397 g/mol. The largest absolute Gasteiger partial charge is 0.485 e. The molecule has 29 heavy (non-hydrogen) atoms. The standard InChI is InChI=1S/C22H20FNO5/c23-8-17-18(11-4-2-1-3-5-11)13-6-12(7-14(22(26)27)20(13)29-17)21(25)24-19-15-9-28-10-16(15)19/h1-7,15-19H,8-10H2,(H,24,25)(H,26,27)/t15-,16+,17-,18+,19+/m1/s1. The van der Waals surface area contributed by atoms with Crippen LogP contribution in [-0.2, 0) is 4.74 Å². The van der Waals surface area contributed by atoms with Crippen LogP contribution in [0.5, 0.6) is 5.75 Å². The van der Waals surface area contributed by atoms with Crippen molar-refractivity contribution in [3.8, 4) is 5.75 Å². The van der Waals surface area contributed by atoms with Gasteiger partial charge < -0.3 is 19.9 Å². The number of rotatable bonds is 5. The summed E-state index contributed by atoms with van der Waals surface area (Å²) < 4.78 is 24.8. The van der Waals surface area contributed by atoms with Gasteiger partial charge in [-0.2, -0.15) is 0 Å². The third kappa shape index (κ3) is 2.97. The Morgan fingerprint density at radius 2 is 1.86 bits per heavy atom. The first kappa shape index (κ1) is 18.1. The minimum atomic E-state index is -1.21. The molecule has 5 rings (SSSR count). The number of nitrogens with one attached hydrogen (secondary N) is 1. The Morgan fingerprint density at radius 3 is 2.52 bits per heavy atom. The van der Waals surface area contributed by atoms with E-state index in [1.54, 1.807) is 6.07 Å². The van der Waals surface area contributed by atoms with Gasteiger partial charge in [0.25, 0.3) is 5.91 Å². The van der Waals surface area contributed by atoms with Gasteiger partial charge in [0.1, 0.15) is 24.1 Å². The fourth-order valence-electron chi connectivity index (χ4n) is 4.59. The molecule has 6 nitrogen and oxygen atoms in total. The topological polar surface area (TPSA) is 84.9 Å². The van der Waals surface area contributed by atoms with E-state index in [4.69, 9.17) is 9.47 Å². The number of amides is 1. The van der Waals surface area contributed by atoms with E-state index in [1.165, 1.54) is 6.07 Å². The number of hydrogen-bond acceptors (Lipinski definition) is 4. The van der Waals surface area contributed by atoms with Crippen LogP contribution in [0.1, 0.15) is 37.8 Å². The normalized spacial score (nSPS) is 28.9. The van der Waals surface area contributed by atoms with E-state index >= 15 is 0 Å². The minimum Gasteiger partial charge on any atom is -0.485 e. The molecule has 150 valence electrons. The summed E-state index contributed by atoms with van der Waals surface area (Å²) in [5, 5.41) is 12.7. The lowest BCUT2D eigenvalue weighted by molar-refractivity contribution is 0.0689. The zero-order valence-electron chi connectivity index (χ0n) is 15.5. The van der Waals surface area contributed by atoms with Crippen molar-refractivity contribution in [2.45, 2.75) is 18.1 Å². The quantitative estimate of drug-likeness (QED) is 0.810. The highest BCUT2D eigenvalue weighted by molar-refractivity contribution is 6.00. The van der Waals surface area contributed by atoms with E-state index in [-0.39, 0.29) is 28.8 Å². The summed E-state index contributed by atoms with van der Waals surface area (Å²) in [6.45, 7) is 0.519. The second-order valence-corrected chi connectivity index (χ2v) is 7.81. The maximum atomic E-state index is 13.7. The molecule has 1 saturated carbocycles. The molecule has 1 saturated heterocycles. The minimum absolute atomic E-state index is 0.0672. The Kier molecular flexibility index (Phi) is 4.28. The maximum Gasteiger partial charge on any atom is 0.339 e. The number of fused-ring (bicyclic) bond motifs is 2. The molecule has 5 atom stereocenters. The molecule has 3 aliphatic rings. The van der Waals surface area contributed by atoms with Crippen LogP contribution in [0.15, 0.2) is 42.5 Å². The van der Waals surface area contributed by atoms with Gasteiger partial charge in [-0.15, -0.1) is 0 Å². The molecule has 2 aromatic carbocycles. The molecular formula is C22H20FNO5. The number of alkyl halides is 1. The van der Waals surface area contributed by atoms with Crippen molar-refractivity contribution in [2.75, 3.05) is 19.9 Å². The highest BCUT2D eigenvalue weighted by Gasteiger charge is 2.54. The van der Waals surface area contributed by atoms with Gasteiger partial charge in [0.15, 0.2) is 0 Å². The summed E-state index contributed by atoms with van der Waals surface area (Å²) in [5.74, 6) is -1.20. The number of aromatic carboxylic acids is 1. The number of halogens is 1. The van der Waals surface area contributed by atoms with Gasteiger partial charge in [0.05, 0.1) is 19.1 Å². The number of hydrogen-bond donors (Lipinski definition) is 2. The first-order valence-electron chi connectivity index (χ1n) is 9.66. The summed E-state index contributed by atoms with van der Waals surface area (Å²) in [6, 6.07) is 12.3.